The number of nitrogens with two attached hydrogens (primary N) is 1. The van der Waals surface area contributed by atoms with Crippen LogP contribution in [0.5, 0.6) is 0 Å². The maximum atomic E-state index is 13.3. The number of hydrogen-bond acceptors (Lipinski definition) is 5. The Morgan fingerprint density at radius 2 is 2.00 bits per heavy atom. The Morgan fingerprint density at radius 1 is 1.29 bits per heavy atom. The van der Waals surface area contributed by atoms with Crippen LogP contribution < -0.4 is 11.1 Å². The minimum Gasteiger partial charge on any atom is -0.466 e. The summed E-state index contributed by atoms with van der Waals surface area (Å²) in [5, 5.41) is 2.95. The monoisotopic (exact) mass is 397 g/mol. The van der Waals surface area contributed by atoms with Crippen LogP contribution in [-0.4, -0.2) is 23.8 Å². The van der Waals surface area contributed by atoms with Crippen molar-refractivity contribution in [3.05, 3.63) is 47.3 Å². The van der Waals surface area contributed by atoms with E-state index in [0.717, 1.165) is 11.6 Å². The Bertz CT molecular complexity index is 728. The normalized spacial score (nSPS) is 24.9. The van der Waals surface area contributed by atoms with Crippen molar-refractivity contribution in [3.63, 3.8) is 0 Å². The molecule has 1 atom stereocenters. The molecule has 1 aromatic carbocycles. The fourth-order valence-corrected chi connectivity index (χ4v) is 3.97. The summed E-state index contributed by atoms with van der Waals surface area (Å²) >= 11 is 0. The quantitative estimate of drug-likeness (QED) is 0.743. The van der Waals surface area contributed by atoms with Crippen LogP contribution in [0.3, 0.4) is 0 Å². The molecule has 5 nitrogen and oxygen atoms in total. The van der Waals surface area contributed by atoms with Crippen molar-refractivity contribution >= 4 is 5.97 Å². The van der Waals surface area contributed by atoms with Crippen molar-refractivity contribution in [1.82, 2.24) is 10.2 Å². The first kappa shape index (κ1) is 20.5. The number of nitrogens with one attached hydrogen (secondary N) is 1. The summed E-state index contributed by atoms with van der Waals surface area (Å²) in [4.78, 5) is 13.8. The molecule has 1 heterocycles. The molecular weight excluding hydrogens is 371 g/mol. The Morgan fingerprint density at radius 3 is 2.57 bits per heavy atom. The minimum absolute atomic E-state index is 0.0151. The number of ether oxygens (including phenoxy) is 1. The molecule has 1 unspecified atom stereocenters. The topological polar surface area (TPSA) is 67.6 Å². The summed E-state index contributed by atoms with van der Waals surface area (Å²) in [5.41, 5.74) is 6.84. The van der Waals surface area contributed by atoms with Gasteiger partial charge in [-0.25, -0.2) is 0 Å². The number of carbonyl (C=O) groups excluding carboxylic acids is 1. The third kappa shape index (κ3) is 4.60. The van der Waals surface area contributed by atoms with E-state index in [2.05, 4.69) is 5.32 Å². The second kappa shape index (κ2) is 8.43. The van der Waals surface area contributed by atoms with E-state index < -0.39 is 18.0 Å². The predicted molar refractivity (Wildman–Crippen MR) is 98.6 cm³/mol. The van der Waals surface area contributed by atoms with Crippen LogP contribution in [0.1, 0.15) is 55.2 Å². The van der Waals surface area contributed by atoms with Gasteiger partial charge in [0.05, 0.1) is 18.1 Å². The predicted octanol–water partition coefficient (Wildman–Crippen LogP) is 3.66. The van der Waals surface area contributed by atoms with E-state index in [9.17, 15) is 18.0 Å². The molecule has 154 valence electrons. The van der Waals surface area contributed by atoms with E-state index in [1.165, 1.54) is 6.07 Å². The zero-order valence-corrected chi connectivity index (χ0v) is 15.8. The Balaban J connectivity index is 1.81. The first-order valence-corrected chi connectivity index (χ1v) is 9.60. The minimum atomic E-state index is -4.39. The van der Waals surface area contributed by atoms with Gasteiger partial charge in [0, 0.05) is 18.9 Å². The highest BCUT2D eigenvalue weighted by Gasteiger charge is 2.34. The van der Waals surface area contributed by atoms with Crippen molar-refractivity contribution in [3.8, 4) is 0 Å². The lowest BCUT2D eigenvalue weighted by molar-refractivity contribution is -0.149. The van der Waals surface area contributed by atoms with Crippen LogP contribution in [0.2, 0.25) is 0 Å². The van der Waals surface area contributed by atoms with E-state index in [1.807, 2.05) is 4.90 Å². The SMILES string of the molecule is CCOC(=O)C1CCC(c2cc(C(F)(F)F)ccc2CN2C=CNC2N)CC1. The number of hydrogen-bond donors (Lipinski definition) is 2. The van der Waals surface area contributed by atoms with Crippen molar-refractivity contribution in [2.45, 2.75) is 57.5 Å². The molecule has 3 rings (SSSR count). The summed E-state index contributed by atoms with van der Waals surface area (Å²) < 4.78 is 44.9. The molecule has 1 saturated carbocycles. The molecule has 1 aliphatic carbocycles. The number of halogens is 3. The van der Waals surface area contributed by atoms with Gasteiger partial charge in [0.25, 0.3) is 0 Å². The van der Waals surface area contributed by atoms with Crippen LogP contribution in [0, 0.1) is 5.92 Å². The summed E-state index contributed by atoms with van der Waals surface area (Å²) in [5.74, 6) is -0.382. The van der Waals surface area contributed by atoms with Crippen molar-refractivity contribution in [2.75, 3.05) is 6.61 Å². The Hall–Kier alpha value is -2.22. The smallest absolute Gasteiger partial charge is 0.416 e. The van der Waals surface area contributed by atoms with Crippen LogP contribution in [0.15, 0.2) is 30.6 Å². The number of esters is 1. The summed E-state index contributed by atoms with van der Waals surface area (Å²) in [6, 6.07) is 3.94. The molecule has 0 radical (unpaired) electrons. The lowest BCUT2D eigenvalue weighted by atomic mass is 9.77. The first-order valence-electron chi connectivity index (χ1n) is 9.60. The molecule has 0 amide bonds. The van der Waals surface area contributed by atoms with E-state index in [4.69, 9.17) is 10.5 Å². The molecule has 2 aliphatic rings. The number of nitrogens with zero attached hydrogens (tertiary/aromatic N) is 1. The van der Waals surface area contributed by atoms with Gasteiger partial charge in [-0.15, -0.1) is 0 Å². The van der Waals surface area contributed by atoms with Gasteiger partial charge >= 0.3 is 12.1 Å². The second-order valence-corrected chi connectivity index (χ2v) is 7.31. The zero-order chi connectivity index (χ0) is 20.3. The molecule has 0 spiro atoms. The zero-order valence-electron chi connectivity index (χ0n) is 15.8. The van der Waals surface area contributed by atoms with Crippen LogP contribution in [-0.2, 0) is 22.3 Å². The van der Waals surface area contributed by atoms with Gasteiger partial charge in [-0.3, -0.25) is 10.5 Å². The average molecular weight is 397 g/mol. The van der Waals surface area contributed by atoms with Gasteiger partial charge in [-0.2, -0.15) is 13.2 Å². The number of alkyl halides is 3. The number of benzene rings is 1. The van der Waals surface area contributed by atoms with Gasteiger partial charge < -0.3 is 15.0 Å². The first-order chi connectivity index (χ1) is 13.3. The highest BCUT2D eigenvalue weighted by molar-refractivity contribution is 5.72. The summed E-state index contributed by atoms with van der Waals surface area (Å²) in [6.45, 7) is 2.54. The molecule has 8 heteroatoms. The Kier molecular flexibility index (Phi) is 6.17. The lowest BCUT2D eigenvalue weighted by Crippen LogP contribution is -2.42. The van der Waals surface area contributed by atoms with Crippen LogP contribution >= 0.6 is 0 Å². The average Bonchev–Trinajstić information content (AvgIpc) is 3.06. The molecule has 1 fully saturated rings. The Labute approximate surface area is 162 Å². The molecular formula is C20H26F3N3O2. The third-order valence-electron chi connectivity index (χ3n) is 5.50. The molecule has 3 N–H and O–H groups in total. The molecule has 0 bridgehead atoms. The van der Waals surface area contributed by atoms with E-state index >= 15 is 0 Å². The lowest BCUT2D eigenvalue weighted by Gasteiger charge is -2.31. The van der Waals surface area contributed by atoms with Crippen LogP contribution in [0.4, 0.5) is 13.2 Å². The van der Waals surface area contributed by atoms with Gasteiger partial charge in [-0.05, 0) is 61.8 Å². The highest BCUT2D eigenvalue weighted by atomic mass is 19.4. The summed E-state index contributed by atoms with van der Waals surface area (Å²) in [6.07, 6.45) is 1.32. The molecule has 1 aliphatic heterocycles. The fraction of sp³-hybridized carbons (Fsp3) is 0.550. The molecule has 28 heavy (non-hydrogen) atoms. The van der Waals surface area contributed by atoms with Gasteiger partial charge in [0.2, 0.25) is 0 Å². The van der Waals surface area contributed by atoms with Crippen LogP contribution in [0.25, 0.3) is 0 Å². The number of carbonyl (C=O) groups is 1. The standard InChI is InChI=1S/C20H26F3N3O2/c1-2-28-18(27)14-5-3-13(4-6-14)17-11-16(20(21,22)23)8-7-15(17)12-26-10-9-25-19(26)24/h7-11,13-14,19,25H,2-6,12,24H2,1H3. The summed E-state index contributed by atoms with van der Waals surface area (Å²) in [7, 11) is 0. The van der Waals surface area contributed by atoms with Crippen molar-refractivity contribution in [2.24, 2.45) is 11.7 Å². The van der Waals surface area contributed by atoms with Crippen molar-refractivity contribution < 1.29 is 22.7 Å². The maximum Gasteiger partial charge on any atom is 0.416 e. The second-order valence-electron chi connectivity index (χ2n) is 7.31. The highest BCUT2D eigenvalue weighted by Crippen LogP contribution is 2.40. The maximum absolute atomic E-state index is 13.3. The van der Waals surface area contributed by atoms with E-state index in [1.54, 1.807) is 25.4 Å². The van der Waals surface area contributed by atoms with Gasteiger partial charge in [0.15, 0.2) is 6.29 Å². The third-order valence-corrected chi connectivity index (χ3v) is 5.50. The van der Waals surface area contributed by atoms with Gasteiger partial charge in [-0.1, -0.05) is 6.07 Å². The largest absolute Gasteiger partial charge is 0.466 e. The fourth-order valence-electron chi connectivity index (χ4n) is 3.97. The van der Waals surface area contributed by atoms with E-state index in [0.29, 0.717) is 44.4 Å². The molecule has 0 saturated heterocycles. The number of rotatable bonds is 5. The van der Waals surface area contributed by atoms with Gasteiger partial charge in [0.1, 0.15) is 0 Å². The van der Waals surface area contributed by atoms with Crippen molar-refractivity contribution in [1.29, 1.82) is 0 Å². The van der Waals surface area contributed by atoms with E-state index in [-0.39, 0.29) is 17.8 Å². The molecule has 1 aromatic rings. The molecule has 0 aromatic heterocycles.